The third-order valence-electron chi connectivity index (χ3n) is 6.54. The van der Waals surface area contributed by atoms with Gasteiger partial charge in [-0.1, -0.05) is 41.4 Å². The number of carbonyl (C=O) groups excluding carboxylic acids is 1. The molecule has 0 unspecified atom stereocenters. The van der Waals surface area contributed by atoms with E-state index >= 15 is 0 Å². The minimum atomic E-state index is -1.06. The predicted octanol–water partition coefficient (Wildman–Crippen LogP) is 4.51. The largest absolute Gasteiger partial charge is 0.495 e. The van der Waals surface area contributed by atoms with Crippen molar-refractivity contribution in [3.8, 4) is 22.6 Å². The Kier molecular flexibility index (Phi) is 9.95. The van der Waals surface area contributed by atoms with E-state index in [2.05, 4.69) is 20.2 Å². The molecule has 1 aliphatic rings. The molecule has 2 aromatic heterocycles. The number of carboxylic acids is 1. The van der Waals surface area contributed by atoms with Crippen LogP contribution in [0.25, 0.3) is 22.0 Å². The number of nitrogens with one attached hydrogen (secondary N) is 1. The predicted molar refractivity (Wildman–Crippen MR) is 158 cm³/mol. The van der Waals surface area contributed by atoms with E-state index in [0.717, 1.165) is 38.3 Å². The van der Waals surface area contributed by atoms with Gasteiger partial charge in [-0.25, -0.2) is 4.79 Å². The third kappa shape index (κ3) is 6.86. The van der Waals surface area contributed by atoms with Crippen LogP contribution >= 0.6 is 23.2 Å². The molecule has 1 fully saturated rings. The fourth-order valence-corrected chi connectivity index (χ4v) is 5.18. The molecule has 0 aliphatic carbocycles. The number of amides is 1. The van der Waals surface area contributed by atoms with Crippen molar-refractivity contribution in [3.63, 3.8) is 0 Å². The number of hydrogen-bond acceptors (Lipinski definition) is 8. The van der Waals surface area contributed by atoms with E-state index in [9.17, 15) is 14.7 Å². The van der Waals surface area contributed by atoms with Gasteiger partial charge in [-0.2, -0.15) is 0 Å². The number of aromatic carboxylic acids is 1. The van der Waals surface area contributed by atoms with Gasteiger partial charge in [-0.05, 0) is 29.3 Å². The van der Waals surface area contributed by atoms with Crippen LogP contribution in [0.3, 0.4) is 0 Å². The molecule has 0 bridgehead atoms. The molecule has 1 amide bonds. The Morgan fingerprint density at radius 3 is 2.27 bits per heavy atom. The summed E-state index contributed by atoms with van der Waals surface area (Å²) in [5.41, 5.74) is 8.15. The van der Waals surface area contributed by atoms with Crippen LogP contribution < -0.4 is 20.5 Å². The fraction of sp³-hybridized carbons (Fsp3) is 0.241. The lowest BCUT2D eigenvalue weighted by molar-refractivity contribution is 0.0698. The van der Waals surface area contributed by atoms with Gasteiger partial charge in [-0.15, -0.1) is 0 Å². The molecule has 214 valence electrons. The molecule has 41 heavy (non-hydrogen) atoms. The molecule has 3 heterocycles. The zero-order valence-electron chi connectivity index (χ0n) is 22.5. The summed E-state index contributed by atoms with van der Waals surface area (Å²) in [5, 5.41) is 13.9. The standard InChI is InChI=1S/C18H13Cl2NO4.C11H16N4O/c1-24-12-8-13(25-2)16(20)14(15(12)19)9-5-6-11(18(22)23)17-10(9)4-3-7-21-17;12-11(16)10-2-1-9(7-14-10)8-15-5-3-13-4-6-15/h3-8H,1-2H3,(H,22,23);1-2,7,13H,3-6,8H2,(H2,12,16). The lowest BCUT2D eigenvalue weighted by atomic mass is 9.97. The summed E-state index contributed by atoms with van der Waals surface area (Å²) in [4.78, 5) is 32.9. The molecule has 0 radical (unpaired) electrons. The number of ether oxygens (including phenoxy) is 2. The van der Waals surface area contributed by atoms with E-state index in [1.165, 1.54) is 26.5 Å². The van der Waals surface area contributed by atoms with Crippen LogP contribution in [0.1, 0.15) is 26.4 Å². The molecule has 1 aliphatic heterocycles. The first kappa shape index (κ1) is 30.0. The number of carbonyl (C=O) groups is 2. The number of nitrogens with two attached hydrogens (primary N) is 1. The average molecular weight is 598 g/mol. The molecule has 12 heteroatoms. The number of primary amides is 1. The highest BCUT2D eigenvalue weighted by Crippen LogP contribution is 2.47. The number of methoxy groups -OCH3 is 2. The maximum absolute atomic E-state index is 11.5. The second-order valence-electron chi connectivity index (χ2n) is 9.09. The van der Waals surface area contributed by atoms with Crippen LogP contribution in [0.4, 0.5) is 0 Å². The summed E-state index contributed by atoms with van der Waals surface area (Å²) >= 11 is 13.0. The SMILES string of the molecule is COc1cc(OC)c(Cl)c(-c2ccc(C(=O)O)c3ncccc23)c1Cl.NC(=O)c1ccc(CN2CCNCC2)cn1. The molecule has 2 aromatic carbocycles. The van der Waals surface area contributed by atoms with E-state index in [4.69, 9.17) is 38.4 Å². The van der Waals surface area contributed by atoms with Gasteiger partial charge in [-0.3, -0.25) is 19.7 Å². The number of piperazine rings is 1. The maximum Gasteiger partial charge on any atom is 0.337 e. The summed E-state index contributed by atoms with van der Waals surface area (Å²) in [6.45, 7) is 5.06. The van der Waals surface area contributed by atoms with Crippen molar-refractivity contribution in [2.75, 3.05) is 40.4 Å². The van der Waals surface area contributed by atoms with Gasteiger partial charge in [0.25, 0.3) is 5.91 Å². The molecule has 0 atom stereocenters. The summed E-state index contributed by atoms with van der Waals surface area (Å²) in [5.74, 6) is -0.737. The highest BCUT2D eigenvalue weighted by molar-refractivity contribution is 6.41. The van der Waals surface area contributed by atoms with Crippen LogP contribution in [0, 0.1) is 0 Å². The van der Waals surface area contributed by atoms with Crippen LogP contribution in [0.15, 0.2) is 54.9 Å². The van der Waals surface area contributed by atoms with Gasteiger partial charge < -0.3 is 25.6 Å². The van der Waals surface area contributed by atoms with Crippen LogP contribution in [0.2, 0.25) is 10.0 Å². The number of fused-ring (bicyclic) bond motifs is 1. The smallest absolute Gasteiger partial charge is 0.337 e. The Bertz CT molecular complexity index is 1530. The average Bonchev–Trinajstić information content (AvgIpc) is 2.98. The van der Waals surface area contributed by atoms with Crippen molar-refractivity contribution < 1.29 is 24.2 Å². The number of nitrogens with zero attached hydrogens (tertiary/aromatic N) is 3. The zero-order valence-corrected chi connectivity index (χ0v) is 24.0. The van der Waals surface area contributed by atoms with Crippen molar-refractivity contribution in [3.05, 3.63) is 81.7 Å². The Morgan fingerprint density at radius 2 is 1.71 bits per heavy atom. The van der Waals surface area contributed by atoms with E-state index in [-0.39, 0.29) is 5.56 Å². The molecule has 10 nitrogen and oxygen atoms in total. The summed E-state index contributed by atoms with van der Waals surface area (Å²) in [6, 6.07) is 11.8. The topological polar surface area (TPSA) is 140 Å². The molecule has 0 saturated carbocycles. The van der Waals surface area contributed by atoms with Gasteiger partial charge in [0.2, 0.25) is 0 Å². The van der Waals surface area contributed by atoms with Gasteiger partial charge in [0, 0.05) is 62.1 Å². The highest BCUT2D eigenvalue weighted by atomic mass is 35.5. The first-order chi connectivity index (χ1) is 19.7. The van der Waals surface area contributed by atoms with Crippen LogP contribution in [-0.4, -0.2) is 72.2 Å². The van der Waals surface area contributed by atoms with Crippen molar-refractivity contribution in [2.24, 2.45) is 5.73 Å². The number of pyridine rings is 2. The van der Waals surface area contributed by atoms with E-state index in [1.54, 1.807) is 36.5 Å². The molecule has 4 aromatic rings. The number of benzene rings is 2. The first-order valence-electron chi connectivity index (χ1n) is 12.6. The molecular formula is C29H29Cl2N5O5. The van der Waals surface area contributed by atoms with Gasteiger partial charge in [0.1, 0.15) is 17.2 Å². The van der Waals surface area contributed by atoms with Gasteiger partial charge in [0.05, 0.1) is 35.3 Å². The summed E-state index contributed by atoms with van der Waals surface area (Å²) in [6.07, 6.45) is 3.26. The number of rotatable bonds is 7. The van der Waals surface area contributed by atoms with Crippen molar-refractivity contribution in [1.29, 1.82) is 0 Å². The number of aromatic nitrogens is 2. The van der Waals surface area contributed by atoms with E-state index in [1.807, 2.05) is 6.07 Å². The van der Waals surface area contributed by atoms with Gasteiger partial charge in [0.15, 0.2) is 0 Å². The van der Waals surface area contributed by atoms with E-state index in [0.29, 0.717) is 49.3 Å². The quantitative estimate of drug-likeness (QED) is 0.280. The lowest BCUT2D eigenvalue weighted by Gasteiger charge is -2.26. The normalized spacial score (nSPS) is 13.3. The minimum Gasteiger partial charge on any atom is -0.495 e. The Labute approximate surface area is 247 Å². The maximum atomic E-state index is 11.5. The summed E-state index contributed by atoms with van der Waals surface area (Å²) < 4.78 is 10.6. The van der Waals surface area contributed by atoms with Crippen molar-refractivity contribution >= 4 is 46.0 Å². The van der Waals surface area contributed by atoms with Crippen LogP contribution in [0.5, 0.6) is 11.5 Å². The molecule has 1 saturated heterocycles. The molecule has 5 rings (SSSR count). The third-order valence-corrected chi connectivity index (χ3v) is 7.29. The lowest BCUT2D eigenvalue weighted by Crippen LogP contribution is -2.42. The van der Waals surface area contributed by atoms with Crippen molar-refractivity contribution in [1.82, 2.24) is 20.2 Å². The highest BCUT2D eigenvalue weighted by Gasteiger charge is 2.22. The Morgan fingerprint density at radius 1 is 1.02 bits per heavy atom. The number of carboxylic acid groups (broad SMARTS) is 1. The number of halogens is 2. The second-order valence-corrected chi connectivity index (χ2v) is 9.85. The summed E-state index contributed by atoms with van der Waals surface area (Å²) in [7, 11) is 2.98. The second kappa shape index (κ2) is 13.6. The molecular weight excluding hydrogens is 569 g/mol. The Balaban J connectivity index is 0.000000208. The molecule has 4 N–H and O–H groups in total. The van der Waals surface area contributed by atoms with Crippen LogP contribution in [-0.2, 0) is 6.54 Å². The number of hydrogen-bond donors (Lipinski definition) is 3. The van der Waals surface area contributed by atoms with E-state index < -0.39 is 11.9 Å². The first-order valence-corrected chi connectivity index (χ1v) is 13.4. The monoisotopic (exact) mass is 597 g/mol. The fourth-order valence-electron chi connectivity index (χ4n) is 4.48. The van der Waals surface area contributed by atoms with Gasteiger partial charge >= 0.3 is 5.97 Å². The van der Waals surface area contributed by atoms with Crippen molar-refractivity contribution in [2.45, 2.75) is 6.54 Å². The zero-order chi connectivity index (χ0) is 29.5. The molecule has 0 spiro atoms. The Hall–Kier alpha value is -3.96. The minimum absolute atomic E-state index is 0.0986.